The van der Waals surface area contributed by atoms with Crippen LogP contribution in [0.15, 0.2) is 72.8 Å². The van der Waals surface area contributed by atoms with E-state index in [2.05, 4.69) is 4.98 Å². The van der Waals surface area contributed by atoms with Gasteiger partial charge in [-0.25, -0.2) is 14.2 Å². The third-order valence-corrected chi connectivity index (χ3v) is 3.91. The first-order valence-corrected chi connectivity index (χ1v) is 8.01. The van der Waals surface area contributed by atoms with E-state index in [0.717, 1.165) is 22.9 Å². The lowest BCUT2D eigenvalue weighted by molar-refractivity contribution is -0.131. The second kappa shape index (κ2) is 7.61. The molecular formula is C21H17FN2O2. The molecule has 0 amide bonds. The number of aliphatic carboxylic acids is 1. The van der Waals surface area contributed by atoms with Crippen LogP contribution >= 0.6 is 0 Å². The number of para-hydroxylation sites is 1. The minimum atomic E-state index is -1.03. The number of aromatic nitrogens is 1. The molecule has 0 saturated carbocycles. The smallest absolute Gasteiger partial charge is 0.328 e. The predicted octanol–water partition coefficient (Wildman–Crippen LogP) is 4.75. The summed E-state index contributed by atoms with van der Waals surface area (Å²) >= 11 is 0. The van der Waals surface area contributed by atoms with Crippen LogP contribution in [0.4, 0.5) is 15.9 Å². The summed E-state index contributed by atoms with van der Waals surface area (Å²) in [5, 5.41) is 8.83. The lowest BCUT2D eigenvalue weighted by atomic mass is 10.0. The fourth-order valence-corrected chi connectivity index (χ4v) is 2.60. The summed E-state index contributed by atoms with van der Waals surface area (Å²) < 4.78 is 13.3. The molecule has 0 bridgehead atoms. The average Bonchev–Trinajstić information content (AvgIpc) is 2.67. The molecular weight excluding hydrogens is 331 g/mol. The summed E-state index contributed by atoms with van der Waals surface area (Å²) in [6.45, 7) is 0. The van der Waals surface area contributed by atoms with Gasteiger partial charge in [-0.3, -0.25) is 0 Å². The first-order valence-electron chi connectivity index (χ1n) is 8.01. The van der Waals surface area contributed by atoms with E-state index in [-0.39, 0.29) is 5.82 Å². The van der Waals surface area contributed by atoms with E-state index in [4.69, 9.17) is 5.11 Å². The topological polar surface area (TPSA) is 53.4 Å². The van der Waals surface area contributed by atoms with Crippen molar-refractivity contribution < 1.29 is 14.3 Å². The van der Waals surface area contributed by atoms with Crippen LogP contribution in [0.5, 0.6) is 0 Å². The number of rotatable bonds is 5. The van der Waals surface area contributed by atoms with Gasteiger partial charge in [0.1, 0.15) is 11.6 Å². The second-order valence-electron chi connectivity index (χ2n) is 5.68. The molecule has 5 heteroatoms. The van der Waals surface area contributed by atoms with Gasteiger partial charge in [0, 0.05) is 24.4 Å². The molecule has 26 heavy (non-hydrogen) atoms. The Kier molecular flexibility index (Phi) is 5.08. The van der Waals surface area contributed by atoms with Gasteiger partial charge in [0.05, 0.1) is 5.69 Å². The number of halogens is 1. The maximum absolute atomic E-state index is 13.3. The van der Waals surface area contributed by atoms with Gasteiger partial charge in [-0.15, -0.1) is 0 Å². The molecule has 4 nitrogen and oxygen atoms in total. The molecule has 0 aliphatic rings. The van der Waals surface area contributed by atoms with Crippen molar-refractivity contribution in [2.45, 2.75) is 0 Å². The largest absolute Gasteiger partial charge is 0.478 e. The van der Waals surface area contributed by atoms with Crippen LogP contribution in [0.2, 0.25) is 0 Å². The predicted molar refractivity (Wildman–Crippen MR) is 101 cm³/mol. The first-order chi connectivity index (χ1) is 12.5. The van der Waals surface area contributed by atoms with Gasteiger partial charge < -0.3 is 10.0 Å². The van der Waals surface area contributed by atoms with Crippen molar-refractivity contribution >= 4 is 23.6 Å². The summed E-state index contributed by atoms with van der Waals surface area (Å²) in [6, 6.07) is 19.5. The standard InChI is InChI=1S/C21H17FN2O2/c1-24(18-5-3-2-4-6-18)21-19(15-7-9-16(22)10-8-15)13-11-17(23-21)12-14-20(25)26/h2-14H,1H3,(H,25,26)/b14-12+. The number of carboxylic acids is 1. The summed E-state index contributed by atoms with van der Waals surface area (Å²) in [6.07, 6.45) is 2.49. The van der Waals surface area contributed by atoms with E-state index in [1.54, 1.807) is 18.2 Å². The van der Waals surface area contributed by atoms with Crippen LogP contribution in [0.3, 0.4) is 0 Å². The molecule has 3 rings (SSSR count). The molecule has 130 valence electrons. The Hall–Kier alpha value is -3.47. The van der Waals surface area contributed by atoms with Crippen molar-refractivity contribution in [3.8, 4) is 11.1 Å². The molecule has 0 spiro atoms. The highest BCUT2D eigenvalue weighted by atomic mass is 19.1. The molecule has 1 heterocycles. The van der Waals surface area contributed by atoms with Crippen LogP contribution < -0.4 is 4.90 Å². The summed E-state index contributed by atoms with van der Waals surface area (Å²) in [7, 11) is 1.88. The number of nitrogens with zero attached hydrogens (tertiary/aromatic N) is 2. The van der Waals surface area contributed by atoms with Crippen molar-refractivity contribution in [1.82, 2.24) is 4.98 Å². The van der Waals surface area contributed by atoms with Gasteiger partial charge in [0.15, 0.2) is 0 Å². The third kappa shape index (κ3) is 3.95. The van der Waals surface area contributed by atoms with E-state index >= 15 is 0 Å². The number of pyridine rings is 1. The van der Waals surface area contributed by atoms with Gasteiger partial charge in [0.25, 0.3) is 0 Å². The van der Waals surface area contributed by atoms with Crippen LogP contribution in [-0.4, -0.2) is 23.1 Å². The normalized spacial score (nSPS) is 10.8. The van der Waals surface area contributed by atoms with Crippen LogP contribution in [0.25, 0.3) is 17.2 Å². The average molecular weight is 348 g/mol. The van der Waals surface area contributed by atoms with Crippen LogP contribution in [0, 0.1) is 5.82 Å². The van der Waals surface area contributed by atoms with Crippen molar-refractivity contribution in [1.29, 1.82) is 0 Å². The maximum atomic E-state index is 13.3. The highest BCUT2D eigenvalue weighted by Gasteiger charge is 2.13. The number of hydrogen-bond acceptors (Lipinski definition) is 3. The maximum Gasteiger partial charge on any atom is 0.328 e. The molecule has 0 atom stereocenters. The second-order valence-corrected chi connectivity index (χ2v) is 5.68. The molecule has 0 aliphatic carbocycles. The fourth-order valence-electron chi connectivity index (χ4n) is 2.60. The van der Waals surface area contributed by atoms with Crippen LogP contribution in [0.1, 0.15) is 5.69 Å². The highest BCUT2D eigenvalue weighted by molar-refractivity contribution is 5.86. The van der Waals surface area contributed by atoms with Crippen LogP contribution in [-0.2, 0) is 4.79 Å². The van der Waals surface area contributed by atoms with Gasteiger partial charge in [-0.1, -0.05) is 30.3 Å². The summed E-state index contributed by atoms with van der Waals surface area (Å²) in [5.74, 6) is -0.691. The Morgan fingerprint density at radius 1 is 1.04 bits per heavy atom. The number of carboxylic acid groups (broad SMARTS) is 1. The lowest BCUT2D eigenvalue weighted by Crippen LogP contribution is -2.13. The molecule has 0 saturated heterocycles. The number of hydrogen-bond donors (Lipinski definition) is 1. The zero-order chi connectivity index (χ0) is 18.5. The first kappa shape index (κ1) is 17.4. The van der Waals surface area contributed by atoms with E-state index in [0.29, 0.717) is 11.5 Å². The Labute approximate surface area is 150 Å². The Bertz CT molecular complexity index is 938. The molecule has 0 radical (unpaired) electrons. The zero-order valence-corrected chi connectivity index (χ0v) is 14.1. The Morgan fingerprint density at radius 2 is 1.73 bits per heavy atom. The van der Waals surface area contributed by atoms with E-state index < -0.39 is 5.97 Å². The molecule has 3 aromatic rings. The van der Waals surface area contributed by atoms with E-state index in [1.807, 2.05) is 48.3 Å². The van der Waals surface area contributed by atoms with Crippen molar-refractivity contribution in [2.24, 2.45) is 0 Å². The molecule has 1 N–H and O–H groups in total. The van der Waals surface area contributed by atoms with Gasteiger partial charge in [-0.2, -0.15) is 0 Å². The Balaban J connectivity index is 2.11. The molecule has 1 aromatic heterocycles. The van der Waals surface area contributed by atoms with Gasteiger partial charge in [-0.05, 0) is 48.0 Å². The monoisotopic (exact) mass is 348 g/mol. The van der Waals surface area contributed by atoms with Gasteiger partial charge >= 0.3 is 5.97 Å². The fraction of sp³-hybridized carbons (Fsp3) is 0.0476. The summed E-state index contributed by atoms with van der Waals surface area (Å²) in [5.41, 5.74) is 3.10. The molecule has 0 aliphatic heterocycles. The van der Waals surface area contributed by atoms with E-state index in [1.165, 1.54) is 18.2 Å². The quantitative estimate of drug-likeness (QED) is 0.676. The molecule has 0 unspecified atom stereocenters. The number of anilines is 2. The number of carbonyl (C=O) groups is 1. The number of benzene rings is 2. The minimum Gasteiger partial charge on any atom is -0.478 e. The zero-order valence-electron chi connectivity index (χ0n) is 14.1. The lowest BCUT2D eigenvalue weighted by Gasteiger charge is -2.22. The van der Waals surface area contributed by atoms with Crippen molar-refractivity contribution in [3.05, 3.63) is 84.3 Å². The highest BCUT2D eigenvalue weighted by Crippen LogP contribution is 2.33. The Morgan fingerprint density at radius 3 is 2.38 bits per heavy atom. The van der Waals surface area contributed by atoms with E-state index in [9.17, 15) is 9.18 Å². The van der Waals surface area contributed by atoms with Crippen molar-refractivity contribution in [3.63, 3.8) is 0 Å². The molecule has 2 aromatic carbocycles. The molecule has 0 fully saturated rings. The third-order valence-electron chi connectivity index (χ3n) is 3.91. The van der Waals surface area contributed by atoms with Crippen molar-refractivity contribution in [2.75, 3.05) is 11.9 Å². The van der Waals surface area contributed by atoms with Gasteiger partial charge in [0.2, 0.25) is 0 Å². The minimum absolute atomic E-state index is 0.305. The SMILES string of the molecule is CN(c1ccccc1)c1nc(/C=C/C(=O)O)ccc1-c1ccc(F)cc1. The summed E-state index contributed by atoms with van der Waals surface area (Å²) in [4.78, 5) is 17.3.